The van der Waals surface area contributed by atoms with Crippen LogP contribution < -0.4 is 5.32 Å². The predicted molar refractivity (Wildman–Crippen MR) is 68.9 cm³/mol. The number of nitrogens with zero attached hydrogens (tertiary/aromatic N) is 2. The highest BCUT2D eigenvalue weighted by Gasteiger charge is 2.11. The van der Waals surface area contributed by atoms with Gasteiger partial charge in [0.25, 0.3) is 0 Å². The molecule has 0 saturated heterocycles. The monoisotopic (exact) mass is 303 g/mol. The molecule has 1 aromatic rings. The van der Waals surface area contributed by atoms with Crippen LogP contribution in [0.25, 0.3) is 0 Å². The Bertz CT molecular complexity index is 390. The summed E-state index contributed by atoms with van der Waals surface area (Å²) in [5, 5.41) is 16.1. The number of carboxylic acid groups (broad SMARTS) is 1. The van der Waals surface area contributed by atoms with E-state index >= 15 is 0 Å². The zero-order chi connectivity index (χ0) is 12.8. The van der Waals surface area contributed by atoms with Crippen LogP contribution in [-0.4, -0.2) is 27.4 Å². The molecule has 0 aliphatic rings. The molecule has 0 saturated carbocycles. The van der Waals surface area contributed by atoms with Crippen molar-refractivity contribution in [2.24, 2.45) is 7.05 Å². The number of hydrogen-bond acceptors (Lipinski definition) is 3. The van der Waals surface area contributed by atoms with Gasteiger partial charge < -0.3 is 10.4 Å². The van der Waals surface area contributed by atoms with Gasteiger partial charge in [-0.15, -0.1) is 0 Å². The largest absolute Gasteiger partial charge is 0.481 e. The Morgan fingerprint density at radius 1 is 1.59 bits per heavy atom. The Balaban J connectivity index is 2.41. The first-order valence-corrected chi connectivity index (χ1v) is 6.48. The van der Waals surface area contributed by atoms with Crippen LogP contribution in [-0.2, 0) is 24.8 Å². The molecule has 0 atom stereocenters. The van der Waals surface area contributed by atoms with Crippen LogP contribution in [0.2, 0.25) is 0 Å². The first-order valence-electron chi connectivity index (χ1n) is 5.69. The summed E-state index contributed by atoms with van der Waals surface area (Å²) in [6.07, 6.45) is 1.75. The number of aromatic nitrogens is 2. The number of aryl methyl sites for hydroxylation is 2. The predicted octanol–water partition coefficient (Wildman–Crippen LogP) is 1.70. The van der Waals surface area contributed by atoms with E-state index < -0.39 is 5.97 Å². The van der Waals surface area contributed by atoms with E-state index in [1.807, 2.05) is 11.7 Å². The Morgan fingerprint density at radius 3 is 2.82 bits per heavy atom. The number of carbonyl (C=O) groups is 1. The molecule has 6 heteroatoms. The Kier molecular flexibility index (Phi) is 5.64. The Morgan fingerprint density at radius 2 is 2.29 bits per heavy atom. The number of carboxylic acids is 1. The first-order chi connectivity index (χ1) is 8.06. The normalized spacial score (nSPS) is 10.8. The van der Waals surface area contributed by atoms with E-state index in [9.17, 15) is 4.79 Å². The summed E-state index contributed by atoms with van der Waals surface area (Å²) in [7, 11) is 1.91. The van der Waals surface area contributed by atoms with Crippen LogP contribution >= 0.6 is 15.9 Å². The molecule has 2 N–H and O–H groups in total. The molecular formula is C11H18BrN3O2. The lowest BCUT2D eigenvalue weighted by molar-refractivity contribution is -0.137. The van der Waals surface area contributed by atoms with Gasteiger partial charge in [0.2, 0.25) is 0 Å². The summed E-state index contributed by atoms with van der Waals surface area (Å²) >= 11 is 3.54. The van der Waals surface area contributed by atoms with Crippen molar-refractivity contribution < 1.29 is 9.90 Å². The van der Waals surface area contributed by atoms with Gasteiger partial charge in [-0.2, -0.15) is 5.10 Å². The Labute approximate surface area is 109 Å². The van der Waals surface area contributed by atoms with Crippen molar-refractivity contribution in [3.8, 4) is 0 Å². The third kappa shape index (κ3) is 4.12. The topological polar surface area (TPSA) is 67.2 Å². The van der Waals surface area contributed by atoms with Gasteiger partial charge in [-0.3, -0.25) is 9.48 Å². The number of hydrogen-bond donors (Lipinski definition) is 2. The molecule has 1 heterocycles. The maximum Gasteiger partial charge on any atom is 0.303 e. The highest BCUT2D eigenvalue weighted by atomic mass is 79.9. The highest BCUT2D eigenvalue weighted by Crippen LogP contribution is 2.21. The van der Waals surface area contributed by atoms with Crippen LogP contribution in [0.3, 0.4) is 0 Å². The molecule has 5 nitrogen and oxygen atoms in total. The molecule has 1 aromatic heterocycles. The van der Waals surface area contributed by atoms with Crippen molar-refractivity contribution in [1.29, 1.82) is 0 Å². The molecule has 0 fully saturated rings. The molecule has 17 heavy (non-hydrogen) atoms. The maximum absolute atomic E-state index is 10.3. The van der Waals surface area contributed by atoms with Crippen LogP contribution in [0.5, 0.6) is 0 Å². The fourth-order valence-corrected chi connectivity index (χ4v) is 2.34. The zero-order valence-corrected chi connectivity index (χ0v) is 11.7. The SMILES string of the molecule is CCc1nn(C)c(CNCCCC(=O)O)c1Br. The average molecular weight is 304 g/mol. The number of nitrogens with one attached hydrogen (secondary N) is 1. The van der Waals surface area contributed by atoms with Crippen LogP contribution in [0, 0.1) is 0 Å². The molecule has 0 aromatic carbocycles. The van der Waals surface area contributed by atoms with E-state index in [-0.39, 0.29) is 6.42 Å². The van der Waals surface area contributed by atoms with E-state index in [4.69, 9.17) is 5.11 Å². The molecule has 1 rings (SSSR count). The van der Waals surface area contributed by atoms with Crippen molar-refractivity contribution in [1.82, 2.24) is 15.1 Å². The van der Waals surface area contributed by atoms with Gasteiger partial charge in [0, 0.05) is 20.0 Å². The molecule has 0 aliphatic carbocycles. The van der Waals surface area contributed by atoms with E-state index in [1.165, 1.54) is 0 Å². The second kappa shape index (κ2) is 6.76. The van der Waals surface area contributed by atoms with E-state index in [0.29, 0.717) is 19.5 Å². The van der Waals surface area contributed by atoms with Crippen molar-refractivity contribution in [2.45, 2.75) is 32.7 Å². The molecule has 0 radical (unpaired) electrons. The van der Waals surface area contributed by atoms with Gasteiger partial charge >= 0.3 is 5.97 Å². The number of rotatable bonds is 7. The van der Waals surface area contributed by atoms with E-state index in [1.54, 1.807) is 0 Å². The minimum absolute atomic E-state index is 0.208. The lowest BCUT2D eigenvalue weighted by Crippen LogP contribution is -2.18. The van der Waals surface area contributed by atoms with Crippen LogP contribution in [0.4, 0.5) is 0 Å². The van der Waals surface area contributed by atoms with E-state index in [0.717, 1.165) is 22.3 Å². The third-order valence-electron chi connectivity index (χ3n) is 2.54. The maximum atomic E-state index is 10.3. The van der Waals surface area contributed by atoms with Crippen LogP contribution in [0.15, 0.2) is 4.47 Å². The minimum atomic E-state index is -0.748. The van der Waals surface area contributed by atoms with Crippen molar-refractivity contribution >= 4 is 21.9 Å². The fraction of sp³-hybridized carbons (Fsp3) is 0.636. The fourth-order valence-electron chi connectivity index (χ4n) is 1.58. The summed E-state index contributed by atoms with van der Waals surface area (Å²) in [5.41, 5.74) is 2.15. The van der Waals surface area contributed by atoms with Gasteiger partial charge in [-0.25, -0.2) is 0 Å². The minimum Gasteiger partial charge on any atom is -0.481 e. The smallest absolute Gasteiger partial charge is 0.303 e. The highest BCUT2D eigenvalue weighted by molar-refractivity contribution is 9.10. The second-order valence-corrected chi connectivity index (χ2v) is 4.65. The summed E-state index contributed by atoms with van der Waals surface area (Å²) in [6, 6.07) is 0. The molecule has 0 unspecified atom stereocenters. The molecule has 0 bridgehead atoms. The Hall–Kier alpha value is -0.880. The summed E-state index contributed by atoms with van der Waals surface area (Å²) < 4.78 is 2.90. The lowest BCUT2D eigenvalue weighted by Gasteiger charge is -2.05. The van der Waals surface area contributed by atoms with Crippen molar-refractivity contribution in [3.63, 3.8) is 0 Å². The molecule has 0 aliphatic heterocycles. The number of aliphatic carboxylic acids is 1. The molecule has 0 amide bonds. The first kappa shape index (κ1) is 14.2. The quantitative estimate of drug-likeness (QED) is 0.752. The molecule has 96 valence electrons. The number of halogens is 1. The summed E-state index contributed by atoms with van der Waals surface area (Å²) in [4.78, 5) is 10.3. The van der Waals surface area contributed by atoms with Gasteiger partial charge in [0.1, 0.15) is 0 Å². The van der Waals surface area contributed by atoms with Gasteiger partial charge in [-0.05, 0) is 35.3 Å². The van der Waals surface area contributed by atoms with Crippen molar-refractivity contribution in [3.05, 3.63) is 15.9 Å². The van der Waals surface area contributed by atoms with Gasteiger partial charge in [0.05, 0.1) is 15.9 Å². The van der Waals surface area contributed by atoms with Crippen LogP contribution in [0.1, 0.15) is 31.2 Å². The molecular weight excluding hydrogens is 286 g/mol. The standard InChI is InChI=1S/C11H18BrN3O2/c1-3-8-11(12)9(15(2)14-8)7-13-6-4-5-10(16)17/h13H,3-7H2,1-2H3,(H,16,17). The van der Waals surface area contributed by atoms with Gasteiger partial charge in [-0.1, -0.05) is 6.92 Å². The second-order valence-electron chi connectivity index (χ2n) is 3.86. The van der Waals surface area contributed by atoms with Crippen molar-refractivity contribution in [2.75, 3.05) is 6.54 Å². The van der Waals surface area contributed by atoms with Gasteiger partial charge in [0.15, 0.2) is 0 Å². The lowest BCUT2D eigenvalue weighted by atomic mass is 10.3. The average Bonchev–Trinajstić information content (AvgIpc) is 2.54. The zero-order valence-electron chi connectivity index (χ0n) is 10.2. The summed E-state index contributed by atoms with van der Waals surface area (Å²) in [6.45, 7) is 3.46. The summed E-state index contributed by atoms with van der Waals surface area (Å²) in [5.74, 6) is -0.748. The molecule has 0 spiro atoms. The third-order valence-corrected chi connectivity index (χ3v) is 3.45. The van der Waals surface area contributed by atoms with E-state index in [2.05, 4.69) is 33.3 Å².